The van der Waals surface area contributed by atoms with Gasteiger partial charge in [0.15, 0.2) is 0 Å². The van der Waals surface area contributed by atoms with Crippen molar-refractivity contribution in [1.82, 2.24) is 0 Å². The summed E-state index contributed by atoms with van der Waals surface area (Å²) in [5.74, 6) is -0.353. The van der Waals surface area contributed by atoms with Gasteiger partial charge in [-0.1, -0.05) is 59.8 Å². The van der Waals surface area contributed by atoms with Crippen LogP contribution in [0, 0.1) is 0 Å². The highest BCUT2D eigenvalue weighted by Crippen LogP contribution is 2.36. The van der Waals surface area contributed by atoms with E-state index in [0.29, 0.717) is 5.57 Å². The average molecular weight is 379 g/mol. The van der Waals surface area contributed by atoms with Gasteiger partial charge in [0, 0.05) is 15.1 Å². The van der Waals surface area contributed by atoms with Crippen LogP contribution in [0.2, 0.25) is 0 Å². The Kier molecular flexibility index (Phi) is 6.04. The molecular formula is C22H21NO3S. The third-order valence-corrected chi connectivity index (χ3v) is 5.49. The second kappa shape index (κ2) is 8.64. The fourth-order valence-corrected chi connectivity index (χ4v) is 4.11. The minimum Gasteiger partial charge on any atom is -0.465 e. The van der Waals surface area contributed by atoms with Crippen LogP contribution in [-0.2, 0) is 21.0 Å². The highest BCUT2D eigenvalue weighted by Gasteiger charge is 2.20. The molecule has 0 unspecified atom stereocenters. The number of thiophene rings is 1. The lowest BCUT2D eigenvalue weighted by atomic mass is 10.1. The molecule has 0 aliphatic carbocycles. The smallest absolute Gasteiger partial charge is 0.338 e. The van der Waals surface area contributed by atoms with Crippen molar-refractivity contribution < 1.29 is 14.4 Å². The number of allylic oxidation sites excluding steroid dienone is 1. The standard InChI is InChI=1S/C22H21NO3S/c1-4-17(22(24)25-3)21-19(18-12-8-9-13-20(18)27-21)14-26-23-15(2)16-10-6-5-7-11-16/h4-13H,14H2,1-3H3. The number of benzene rings is 2. The van der Waals surface area contributed by atoms with Crippen LogP contribution in [0.3, 0.4) is 0 Å². The van der Waals surface area contributed by atoms with E-state index in [1.807, 2.05) is 68.4 Å². The molecule has 1 aromatic heterocycles. The van der Waals surface area contributed by atoms with Crippen LogP contribution in [-0.4, -0.2) is 18.8 Å². The third kappa shape index (κ3) is 4.09. The van der Waals surface area contributed by atoms with Gasteiger partial charge in [0.25, 0.3) is 0 Å². The maximum atomic E-state index is 12.2. The van der Waals surface area contributed by atoms with Crippen LogP contribution in [0.25, 0.3) is 15.7 Å². The fraction of sp³-hybridized carbons (Fsp3) is 0.182. The average Bonchev–Trinajstić information content (AvgIpc) is 3.07. The molecule has 0 aliphatic rings. The molecule has 0 fully saturated rings. The van der Waals surface area contributed by atoms with Gasteiger partial charge in [0.05, 0.1) is 18.4 Å². The molecule has 0 aliphatic heterocycles. The SMILES string of the molecule is CC=C(C(=O)OC)c1sc2ccccc2c1CON=C(C)c1ccccc1. The maximum Gasteiger partial charge on any atom is 0.338 e. The minimum absolute atomic E-state index is 0.276. The molecule has 1 heterocycles. The number of carbonyl (C=O) groups is 1. The largest absolute Gasteiger partial charge is 0.465 e. The van der Waals surface area contributed by atoms with E-state index in [0.717, 1.165) is 31.8 Å². The first-order valence-corrected chi connectivity index (χ1v) is 9.44. The van der Waals surface area contributed by atoms with Crippen molar-refractivity contribution in [3.8, 4) is 0 Å². The van der Waals surface area contributed by atoms with Gasteiger partial charge >= 0.3 is 5.97 Å². The summed E-state index contributed by atoms with van der Waals surface area (Å²) in [7, 11) is 1.39. The molecule has 0 bridgehead atoms. The first-order valence-electron chi connectivity index (χ1n) is 8.63. The van der Waals surface area contributed by atoms with Crippen LogP contribution in [0.5, 0.6) is 0 Å². The molecule has 0 amide bonds. The summed E-state index contributed by atoms with van der Waals surface area (Å²) in [4.78, 5) is 18.7. The molecule has 138 valence electrons. The zero-order chi connectivity index (χ0) is 19.2. The Balaban J connectivity index is 1.93. The number of oxime groups is 1. The quantitative estimate of drug-likeness (QED) is 0.249. The molecular weight excluding hydrogens is 358 g/mol. The molecule has 0 atom stereocenters. The van der Waals surface area contributed by atoms with Crippen molar-refractivity contribution in [1.29, 1.82) is 0 Å². The van der Waals surface area contributed by atoms with E-state index in [9.17, 15) is 4.79 Å². The Labute approximate surface area is 162 Å². The minimum atomic E-state index is -0.353. The van der Waals surface area contributed by atoms with Crippen molar-refractivity contribution in [2.24, 2.45) is 5.16 Å². The molecule has 0 radical (unpaired) electrons. The lowest BCUT2D eigenvalue weighted by molar-refractivity contribution is -0.133. The first kappa shape index (κ1) is 18.9. The molecule has 2 aromatic carbocycles. The van der Waals surface area contributed by atoms with Gasteiger partial charge in [-0.25, -0.2) is 4.79 Å². The van der Waals surface area contributed by atoms with Gasteiger partial charge < -0.3 is 9.57 Å². The zero-order valence-corrected chi connectivity index (χ0v) is 16.4. The molecule has 3 aromatic rings. The Hall–Kier alpha value is -2.92. The van der Waals surface area contributed by atoms with Gasteiger partial charge in [0.1, 0.15) is 6.61 Å². The van der Waals surface area contributed by atoms with Crippen LogP contribution >= 0.6 is 11.3 Å². The molecule has 4 nitrogen and oxygen atoms in total. The number of esters is 1. The molecule has 0 saturated carbocycles. The summed E-state index contributed by atoms with van der Waals surface area (Å²) in [6.07, 6.45) is 1.78. The van der Waals surface area contributed by atoms with Crippen molar-refractivity contribution in [2.45, 2.75) is 20.5 Å². The summed E-state index contributed by atoms with van der Waals surface area (Å²) < 4.78 is 6.04. The number of hydrogen-bond donors (Lipinski definition) is 0. The summed E-state index contributed by atoms with van der Waals surface area (Å²) in [6.45, 7) is 4.02. The predicted molar refractivity (Wildman–Crippen MR) is 111 cm³/mol. The lowest BCUT2D eigenvalue weighted by Gasteiger charge is -2.07. The number of carbonyl (C=O) groups excluding carboxylic acids is 1. The van der Waals surface area contributed by atoms with Gasteiger partial charge in [0.2, 0.25) is 0 Å². The maximum absolute atomic E-state index is 12.2. The summed E-state index contributed by atoms with van der Waals surface area (Å²) >= 11 is 1.56. The van der Waals surface area contributed by atoms with Crippen LogP contribution in [0.15, 0.2) is 65.8 Å². The highest BCUT2D eigenvalue weighted by molar-refractivity contribution is 7.20. The first-order chi connectivity index (χ1) is 13.2. The summed E-state index contributed by atoms with van der Waals surface area (Å²) in [5, 5.41) is 5.32. The molecule has 27 heavy (non-hydrogen) atoms. The number of nitrogens with zero attached hydrogens (tertiary/aromatic N) is 1. The van der Waals surface area contributed by atoms with E-state index in [-0.39, 0.29) is 12.6 Å². The van der Waals surface area contributed by atoms with E-state index < -0.39 is 0 Å². The lowest BCUT2D eigenvalue weighted by Crippen LogP contribution is -2.04. The molecule has 3 rings (SSSR count). The Bertz CT molecular complexity index is 1000. The predicted octanol–water partition coefficient (Wildman–Crippen LogP) is 5.42. The highest BCUT2D eigenvalue weighted by atomic mass is 32.1. The number of fused-ring (bicyclic) bond motifs is 1. The van der Waals surface area contributed by atoms with Gasteiger partial charge in [-0.3, -0.25) is 0 Å². The molecule has 0 saturated heterocycles. The fourth-order valence-electron chi connectivity index (χ4n) is 2.84. The van der Waals surface area contributed by atoms with Crippen LogP contribution in [0.4, 0.5) is 0 Å². The number of ether oxygens (including phenoxy) is 1. The second-order valence-corrected chi connectivity index (χ2v) is 6.97. The van der Waals surface area contributed by atoms with E-state index in [4.69, 9.17) is 9.57 Å². The zero-order valence-electron chi connectivity index (χ0n) is 15.6. The molecule has 0 spiro atoms. The summed E-state index contributed by atoms with van der Waals surface area (Å²) in [5.41, 5.74) is 3.30. The Morgan fingerprint density at radius 2 is 1.81 bits per heavy atom. The van der Waals surface area contributed by atoms with E-state index in [1.165, 1.54) is 7.11 Å². The topological polar surface area (TPSA) is 47.9 Å². The Morgan fingerprint density at radius 3 is 2.52 bits per heavy atom. The second-order valence-electron chi connectivity index (χ2n) is 5.92. The van der Waals surface area contributed by atoms with Gasteiger partial charge in [-0.2, -0.15) is 0 Å². The van der Waals surface area contributed by atoms with Crippen LogP contribution in [0.1, 0.15) is 29.9 Å². The van der Waals surface area contributed by atoms with Crippen molar-refractivity contribution >= 4 is 38.7 Å². The monoisotopic (exact) mass is 379 g/mol. The third-order valence-electron chi connectivity index (χ3n) is 4.24. The molecule has 0 N–H and O–H groups in total. The van der Waals surface area contributed by atoms with E-state index >= 15 is 0 Å². The Morgan fingerprint density at radius 1 is 1.11 bits per heavy atom. The number of methoxy groups -OCH3 is 1. The number of hydrogen-bond acceptors (Lipinski definition) is 5. The molecule has 5 heteroatoms. The number of rotatable bonds is 6. The van der Waals surface area contributed by atoms with Gasteiger partial charge in [-0.15, -0.1) is 11.3 Å². The van der Waals surface area contributed by atoms with Crippen LogP contribution < -0.4 is 0 Å². The van der Waals surface area contributed by atoms with E-state index in [1.54, 1.807) is 17.4 Å². The summed E-state index contributed by atoms with van der Waals surface area (Å²) in [6, 6.07) is 17.9. The van der Waals surface area contributed by atoms with E-state index in [2.05, 4.69) is 5.16 Å². The van der Waals surface area contributed by atoms with Crippen molar-refractivity contribution in [3.05, 3.63) is 76.7 Å². The van der Waals surface area contributed by atoms with Gasteiger partial charge in [-0.05, 0) is 30.9 Å². The van der Waals surface area contributed by atoms with Crippen molar-refractivity contribution in [3.63, 3.8) is 0 Å². The normalized spacial score (nSPS) is 12.3. The van der Waals surface area contributed by atoms with Crippen molar-refractivity contribution in [2.75, 3.05) is 7.11 Å².